The Morgan fingerprint density at radius 2 is 1.96 bits per heavy atom. The van der Waals surface area contributed by atoms with Gasteiger partial charge >= 0.3 is 0 Å². The number of hydrogen-bond acceptors (Lipinski definition) is 7. The summed E-state index contributed by atoms with van der Waals surface area (Å²) >= 11 is 1.51. The lowest BCUT2D eigenvalue weighted by molar-refractivity contribution is 0.0328. The molecule has 0 saturated heterocycles. The number of furan rings is 2. The van der Waals surface area contributed by atoms with E-state index in [4.69, 9.17) is 13.6 Å². The molecule has 1 fully saturated rings. The summed E-state index contributed by atoms with van der Waals surface area (Å²) in [5.41, 5.74) is 0. The highest BCUT2D eigenvalue weighted by Gasteiger charge is 2.25. The molecule has 0 aromatic carbocycles. The zero-order valence-electron chi connectivity index (χ0n) is 15.7. The van der Waals surface area contributed by atoms with Gasteiger partial charge in [0.2, 0.25) is 5.82 Å². The maximum absolute atomic E-state index is 10.3. The molecule has 1 aliphatic carbocycles. The largest absolute Gasteiger partial charge is 0.467 e. The lowest BCUT2D eigenvalue weighted by Gasteiger charge is -2.25. The SMILES string of the molecule is OC(COCc1ccco1)CSc1nnc(-c2ccco2)n1C1CCCCC1. The van der Waals surface area contributed by atoms with E-state index in [0.717, 1.165) is 35.3 Å². The van der Waals surface area contributed by atoms with Gasteiger partial charge in [0.05, 0.1) is 25.2 Å². The summed E-state index contributed by atoms with van der Waals surface area (Å²) in [4.78, 5) is 0. The summed E-state index contributed by atoms with van der Waals surface area (Å²) in [6, 6.07) is 7.82. The van der Waals surface area contributed by atoms with Gasteiger partial charge in [0, 0.05) is 11.8 Å². The highest BCUT2D eigenvalue weighted by molar-refractivity contribution is 7.99. The summed E-state index contributed by atoms with van der Waals surface area (Å²) in [7, 11) is 0. The second-order valence-corrected chi connectivity index (χ2v) is 7.99. The molecule has 1 saturated carbocycles. The van der Waals surface area contributed by atoms with Crippen LogP contribution < -0.4 is 0 Å². The normalized spacial score (nSPS) is 16.5. The van der Waals surface area contributed by atoms with Crippen LogP contribution in [0.5, 0.6) is 0 Å². The number of rotatable bonds is 9. The number of nitrogens with zero attached hydrogens (tertiary/aromatic N) is 3. The van der Waals surface area contributed by atoms with Crippen LogP contribution in [-0.4, -0.2) is 38.3 Å². The average molecular weight is 404 g/mol. The van der Waals surface area contributed by atoms with Crippen molar-refractivity contribution < 1.29 is 18.7 Å². The molecule has 1 unspecified atom stereocenters. The Kier molecular flexibility index (Phi) is 6.51. The third-order valence-corrected chi connectivity index (χ3v) is 5.97. The summed E-state index contributed by atoms with van der Waals surface area (Å²) < 4.78 is 18.5. The van der Waals surface area contributed by atoms with E-state index in [2.05, 4.69) is 14.8 Å². The summed E-state index contributed by atoms with van der Waals surface area (Å²) in [5.74, 6) is 2.73. The third kappa shape index (κ3) is 4.68. The molecule has 1 atom stereocenters. The molecule has 1 aliphatic rings. The highest BCUT2D eigenvalue weighted by atomic mass is 32.2. The fraction of sp³-hybridized carbons (Fsp3) is 0.500. The molecule has 7 nitrogen and oxygen atoms in total. The summed E-state index contributed by atoms with van der Waals surface area (Å²) in [6.07, 6.45) is 8.62. The minimum atomic E-state index is -0.594. The maximum atomic E-state index is 10.3. The number of aliphatic hydroxyl groups excluding tert-OH is 1. The quantitative estimate of drug-likeness (QED) is 0.533. The first kappa shape index (κ1) is 19.3. The summed E-state index contributed by atoms with van der Waals surface area (Å²) in [6.45, 7) is 0.603. The third-order valence-electron chi connectivity index (χ3n) is 4.89. The number of hydrogen-bond donors (Lipinski definition) is 1. The van der Waals surface area contributed by atoms with E-state index in [9.17, 15) is 5.11 Å². The Balaban J connectivity index is 1.39. The van der Waals surface area contributed by atoms with Crippen molar-refractivity contribution in [2.24, 2.45) is 0 Å². The van der Waals surface area contributed by atoms with E-state index in [1.54, 1.807) is 12.5 Å². The van der Waals surface area contributed by atoms with Crippen LogP contribution in [0.15, 0.2) is 50.8 Å². The number of ether oxygens (including phenoxy) is 1. The first-order valence-corrected chi connectivity index (χ1v) is 10.7. The lowest BCUT2D eigenvalue weighted by Crippen LogP contribution is -2.19. The van der Waals surface area contributed by atoms with Gasteiger partial charge < -0.3 is 18.7 Å². The fourth-order valence-corrected chi connectivity index (χ4v) is 4.44. The van der Waals surface area contributed by atoms with Gasteiger partial charge in [-0.2, -0.15) is 0 Å². The van der Waals surface area contributed by atoms with Crippen molar-refractivity contribution in [3.8, 4) is 11.6 Å². The average Bonchev–Trinajstić information content (AvgIpc) is 3.48. The minimum absolute atomic E-state index is 0.246. The van der Waals surface area contributed by atoms with E-state index < -0.39 is 6.10 Å². The zero-order valence-corrected chi connectivity index (χ0v) is 16.5. The van der Waals surface area contributed by atoms with Gasteiger partial charge in [-0.3, -0.25) is 4.57 Å². The minimum Gasteiger partial charge on any atom is -0.467 e. The Labute approximate surface area is 168 Å². The first-order chi connectivity index (χ1) is 13.8. The maximum Gasteiger partial charge on any atom is 0.200 e. The van der Waals surface area contributed by atoms with Gasteiger partial charge in [0.25, 0.3) is 0 Å². The van der Waals surface area contributed by atoms with E-state index in [1.807, 2.05) is 24.3 Å². The van der Waals surface area contributed by atoms with E-state index in [0.29, 0.717) is 18.4 Å². The van der Waals surface area contributed by atoms with Crippen LogP contribution in [0.3, 0.4) is 0 Å². The predicted molar refractivity (Wildman–Crippen MR) is 105 cm³/mol. The van der Waals surface area contributed by atoms with Gasteiger partial charge in [0.15, 0.2) is 10.9 Å². The molecule has 3 heterocycles. The molecule has 0 amide bonds. The van der Waals surface area contributed by atoms with Crippen LogP contribution >= 0.6 is 11.8 Å². The number of thioether (sulfide) groups is 1. The Bertz CT molecular complexity index is 826. The van der Waals surface area contributed by atoms with Crippen molar-refractivity contribution in [1.82, 2.24) is 14.8 Å². The van der Waals surface area contributed by atoms with Crippen LogP contribution in [0.25, 0.3) is 11.6 Å². The van der Waals surface area contributed by atoms with Crippen LogP contribution in [0.4, 0.5) is 0 Å². The van der Waals surface area contributed by atoms with Gasteiger partial charge in [-0.15, -0.1) is 10.2 Å². The fourth-order valence-electron chi connectivity index (χ4n) is 3.53. The Hall–Kier alpha value is -2.03. The van der Waals surface area contributed by atoms with Crippen molar-refractivity contribution in [2.45, 2.75) is 56.0 Å². The first-order valence-electron chi connectivity index (χ1n) is 9.71. The standard InChI is InChI=1S/C20H25N3O4S/c24-16(12-25-13-17-8-4-10-26-17)14-28-20-22-21-19(18-9-5-11-27-18)23(20)15-6-2-1-3-7-15/h4-5,8-11,15-16,24H,1-3,6-7,12-14H2. The molecular formula is C20H25N3O4S. The molecular weight excluding hydrogens is 378 g/mol. The van der Waals surface area contributed by atoms with E-state index in [1.165, 1.54) is 31.0 Å². The van der Waals surface area contributed by atoms with E-state index in [-0.39, 0.29) is 6.61 Å². The van der Waals surface area contributed by atoms with Crippen LogP contribution in [0.2, 0.25) is 0 Å². The zero-order chi connectivity index (χ0) is 19.2. The van der Waals surface area contributed by atoms with Crippen LogP contribution in [0.1, 0.15) is 43.9 Å². The second kappa shape index (κ2) is 9.45. The number of aliphatic hydroxyl groups is 1. The highest BCUT2D eigenvalue weighted by Crippen LogP contribution is 2.35. The van der Waals surface area contributed by atoms with Crippen LogP contribution in [0, 0.1) is 0 Å². The Morgan fingerprint density at radius 1 is 1.14 bits per heavy atom. The predicted octanol–water partition coefficient (Wildman–Crippen LogP) is 4.31. The molecule has 150 valence electrons. The Morgan fingerprint density at radius 3 is 2.71 bits per heavy atom. The molecule has 0 bridgehead atoms. The molecule has 4 rings (SSSR count). The van der Waals surface area contributed by atoms with Crippen molar-refractivity contribution in [2.75, 3.05) is 12.4 Å². The van der Waals surface area contributed by atoms with Crippen molar-refractivity contribution >= 4 is 11.8 Å². The van der Waals surface area contributed by atoms with Gasteiger partial charge in [-0.05, 0) is 37.1 Å². The molecule has 0 spiro atoms. The van der Waals surface area contributed by atoms with Crippen molar-refractivity contribution in [3.63, 3.8) is 0 Å². The smallest absolute Gasteiger partial charge is 0.200 e. The van der Waals surface area contributed by atoms with Crippen molar-refractivity contribution in [3.05, 3.63) is 42.6 Å². The molecule has 8 heteroatoms. The van der Waals surface area contributed by atoms with Crippen molar-refractivity contribution in [1.29, 1.82) is 0 Å². The molecule has 28 heavy (non-hydrogen) atoms. The molecule has 3 aromatic heterocycles. The summed E-state index contributed by atoms with van der Waals surface area (Å²) in [5, 5.41) is 19.9. The lowest BCUT2D eigenvalue weighted by atomic mass is 9.95. The van der Waals surface area contributed by atoms with Crippen LogP contribution in [-0.2, 0) is 11.3 Å². The topological polar surface area (TPSA) is 86.4 Å². The monoisotopic (exact) mass is 403 g/mol. The second-order valence-electron chi connectivity index (χ2n) is 7.00. The van der Waals surface area contributed by atoms with Gasteiger partial charge in [-0.1, -0.05) is 31.0 Å². The molecule has 0 aliphatic heterocycles. The molecule has 0 radical (unpaired) electrons. The van der Waals surface area contributed by atoms with E-state index >= 15 is 0 Å². The number of aromatic nitrogens is 3. The molecule has 1 N–H and O–H groups in total. The van der Waals surface area contributed by atoms with Gasteiger partial charge in [0.1, 0.15) is 12.4 Å². The molecule has 3 aromatic rings. The van der Waals surface area contributed by atoms with Gasteiger partial charge in [-0.25, -0.2) is 0 Å².